The summed E-state index contributed by atoms with van der Waals surface area (Å²) in [5.74, 6) is -0.595. The monoisotopic (exact) mass is 1130 g/mol. The molecule has 0 aliphatic carbocycles. The number of aliphatic hydroxyl groups is 18. The molecule has 3 unspecified atom stereocenters. The lowest BCUT2D eigenvalue weighted by Crippen LogP contribution is -2.59. The van der Waals surface area contributed by atoms with Crippen LogP contribution in [0.1, 0.15) is 124 Å². The summed E-state index contributed by atoms with van der Waals surface area (Å²) >= 11 is 0. The van der Waals surface area contributed by atoms with Crippen molar-refractivity contribution in [1.29, 1.82) is 0 Å². The SMILES string of the molecule is C=CCC/C=C/C=C/C=C/CC/C=C/[C@@H](O)[C@H](O)[C@@H]1O[C@@H]([C@H](O)[C@H](O)C(=C)CC[C@@H](O)[C@H]2C[C@@H](O)[C@@H](O)[C@H]([C@@H](O)[C@H](O)/C=C(\C)CC[C@H](O)C[C@H](O)[C@H](O)[C@@H](C)C[C@H](O)C(O)CC(C)CC/C=C/CC(O)CO)O2)C[C@@H](O)[C@H]1O. The van der Waals surface area contributed by atoms with Gasteiger partial charge in [0.25, 0.3) is 0 Å². The number of hydrogen-bond acceptors (Lipinski definition) is 20. The van der Waals surface area contributed by atoms with Crippen LogP contribution in [0.5, 0.6) is 0 Å². The smallest absolute Gasteiger partial charge is 0.115 e. The van der Waals surface area contributed by atoms with E-state index in [0.29, 0.717) is 44.1 Å². The first kappa shape index (κ1) is 72.2. The maximum absolute atomic E-state index is 11.1. The highest BCUT2D eigenvalue weighted by Gasteiger charge is 2.47. The van der Waals surface area contributed by atoms with Gasteiger partial charge < -0.3 is 101 Å². The zero-order valence-electron chi connectivity index (χ0n) is 46.5. The Morgan fingerprint density at radius 1 is 0.570 bits per heavy atom. The summed E-state index contributed by atoms with van der Waals surface area (Å²) in [7, 11) is 0. The number of aliphatic hydroxyl groups excluding tert-OH is 18. The van der Waals surface area contributed by atoms with Crippen LogP contribution in [0.3, 0.4) is 0 Å². The first-order valence-corrected chi connectivity index (χ1v) is 28.1. The lowest BCUT2D eigenvalue weighted by molar-refractivity contribution is -0.234. The molecule has 0 aromatic carbocycles. The third kappa shape index (κ3) is 26.5. The van der Waals surface area contributed by atoms with Crippen LogP contribution >= 0.6 is 0 Å². The molecule has 0 spiro atoms. The Labute approximate surface area is 467 Å². The fraction of sp³-hybridized carbons (Fsp3) is 0.729. The molecular formula is C59H100O20. The van der Waals surface area contributed by atoms with Crippen LogP contribution in [0.2, 0.25) is 0 Å². The molecule has 20 nitrogen and oxygen atoms in total. The summed E-state index contributed by atoms with van der Waals surface area (Å²) < 4.78 is 11.6. The van der Waals surface area contributed by atoms with E-state index in [1.807, 2.05) is 55.5 Å². The van der Waals surface area contributed by atoms with Gasteiger partial charge in [0.2, 0.25) is 0 Å². The lowest BCUT2D eigenvalue weighted by atomic mass is 9.86. The van der Waals surface area contributed by atoms with Crippen molar-refractivity contribution in [2.24, 2.45) is 11.8 Å². The standard InChI is InChI=1S/C59H100O20/c1-6-7-8-9-10-11-12-13-14-15-16-20-23-42(64)53(73)58-56(76)48(70)33-50(79-58)57(77)52(72)37(4)25-27-41(63)49-32-47(69)55(75)59(78-49)54(74)45(67)29-36(3)24-26-39(61)31-46(68)51(71)38(5)30-44(66)43(65)28-35(2)21-18-17-19-22-40(62)34-60/h6,9-14,17,19-20,23,29,35,38-77H,1,4,7-8,15-16,18,21-22,24-28,30-34H2,2-3,5H3/b10-9+,12-11+,14-13+,19-17+,23-20+,36-29+/t35?,38-,39-,40?,41+,42+,43?,44-,45+,46-,47+,48+,49+,50+,51+,52+,53-,54-,55+,56+,57-,58-,59-/m0/s1. The van der Waals surface area contributed by atoms with Gasteiger partial charge in [0.1, 0.15) is 61.0 Å². The summed E-state index contributed by atoms with van der Waals surface area (Å²) in [5.41, 5.74) is 0.501. The van der Waals surface area contributed by atoms with E-state index in [4.69, 9.17) is 14.6 Å². The maximum atomic E-state index is 11.1. The van der Waals surface area contributed by atoms with E-state index >= 15 is 0 Å². The Kier molecular flexibility index (Phi) is 35.5. The topological polar surface area (TPSA) is 383 Å². The third-order valence-electron chi connectivity index (χ3n) is 14.9. The van der Waals surface area contributed by atoms with Crippen molar-refractivity contribution >= 4 is 0 Å². The minimum absolute atomic E-state index is 0.0128. The number of rotatable bonds is 39. The first-order valence-electron chi connectivity index (χ1n) is 28.1. The van der Waals surface area contributed by atoms with Crippen LogP contribution in [0, 0.1) is 11.8 Å². The van der Waals surface area contributed by atoms with Crippen LogP contribution in [0.4, 0.5) is 0 Å². The van der Waals surface area contributed by atoms with Crippen LogP contribution in [0.15, 0.2) is 97.2 Å². The highest BCUT2D eigenvalue weighted by atomic mass is 16.6. The van der Waals surface area contributed by atoms with Crippen molar-refractivity contribution in [3.8, 4) is 0 Å². The van der Waals surface area contributed by atoms with E-state index < -0.39 is 134 Å². The second-order valence-electron chi connectivity index (χ2n) is 21.9. The predicted molar refractivity (Wildman–Crippen MR) is 298 cm³/mol. The molecule has 0 radical (unpaired) electrons. The van der Waals surface area contributed by atoms with E-state index in [1.165, 1.54) is 12.2 Å². The van der Waals surface area contributed by atoms with Crippen LogP contribution in [-0.2, 0) is 9.47 Å². The van der Waals surface area contributed by atoms with Gasteiger partial charge in [-0.3, -0.25) is 0 Å². The minimum Gasteiger partial charge on any atom is -0.394 e. The van der Waals surface area contributed by atoms with E-state index in [-0.39, 0.29) is 69.5 Å². The van der Waals surface area contributed by atoms with E-state index in [0.717, 1.165) is 12.8 Å². The predicted octanol–water partition coefficient (Wildman–Crippen LogP) is 0.632. The molecule has 20 heteroatoms. The average molecular weight is 1130 g/mol. The molecule has 2 saturated heterocycles. The molecule has 2 aliphatic rings. The molecule has 2 fully saturated rings. The number of hydrogen-bond donors (Lipinski definition) is 18. The van der Waals surface area contributed by atoms with Gasteiger partial charge in [0.05, 0.1) is 73.8 Å². The van der Waals surface area contributed by atoms with E-state index in [9.17, 15) is 86.8 Å². The maximum Gasteiger partial charge on any atom is 0.115 e. The lowest BCUT2D eigenvalue weighted by Gasteiger charge is -2.42. The van der Waals surface area contributed by atoms with E-state index in [1.54, 1.807) is 26.0 Å². The van der Waals surface area contributed by atoms with Crippen LogP contribution in [0.25, 0.3) is 0 Å². The molecule has 2 rings (SSSR count). The molecule has 79 heavy (non-hydrogen) atoms. The Morgan fingerprint density at radius 3 is 1.73 bits per heavy atom. The van der Waals surface area contributed by atoms with Crippen molar-refractivity contribution < 1.29 is 101 Å². The van der Waals surface area contributed by atoms with Gasteiger partial charge in [-0.1, -0.05) is 98.9 Å². The molecule has 2 heterocycles. The van der Waals surface area contributed by atoms with Gasteiger partial charge in [-0.2, -0.15) is 0 Å². The fourth-order valence-electron chi connectivity index (χ4n) is 9.61. The molecule has 0 saturated carbocycles. The zero-order chi connectivity index (χ0) is 59.4. The summed E-state index contributed by atoms with van der Waals surface area (Å²) in [6.45, 7) is 12.3. The molecular weight excluding hydrogens is 1030 g/mol. The zero-order valence-corrected chi connectivity index (χ0v) is 46.5. The van der Waals surface area contributed by atoms with Crippen molar-refractivity contribution in [2.45, 2.75) is 252 Å². The highest BCUT2D eigenvalue weighted by molar-refractivity contribution is 5.12. The van der Waals surface area contributed by atoms with Gasteiger partial charge >= 0.3 is 0 Å². The highest BCUT2D eigenvalue weighted by Crippen LogP contribution is 2.32. The number of unbranched alkanes of at least 4 members (excludes halogenated alkanes) is 2. The summed E-state index contributed by atoms with van der Waals surface area (Å²) in [6, 6.07) is 0. The second kappa shape index (κ2) is 38.8. The number of allylic oxidation sites excluding steroid dienone is 10. The summed E-state index contributed by atoms with van der Waals surface area (Å²) in [4.78, 5) is 0. The Morgan fingerprint density at radius 2 is 1.13 bits per heavy atom. The van der Waals surface area contributed by atoms with Gasteiger partial charge in [-0.25, -0.2) is 0 Å². The molecule has 23 atom stereocenters. The van der Waals surface area contributed by atoms with Gasteiger partial charge in [-0.15, -0.1) is 6.58 Å². The fourth-order valence-corrected chi connectivity index (χ4v) is 9.61. The van der Waals surface area contributed by atoms with Crippen molar-refractivity contribution in [2.75, 3.05) is 6.61 Å². The largest absolute Gasteiger partial charge is 0.394 e. The molecule has 0 bridgehead atoms. The van der Waals surface area contributed by atoms with Crippen LogP contribution < -0.4 is 0 Å². The Balaban J connectivity index is 1.87. The molecule has 0 aromatic rings. The molecule has 456 valence electrons. The van der Waals surface area contributed by atoms with Crippen molar-refractivity contribution in [3.63, 3.8) is 0 Å². The Bertz CT molecular complexity index is 1860. The quantitative estimate of drug-likeness (QED) is 0.0228. The van der Waals surface area contributed by atoms with E-state index in [2.05, 4.69) is 13.2 Å². The normalized spacial score (nSPS) is 28.5. The molecule has 18 N–H and O–H groups in total. The van der Waals surface area contributed by atoms with Crippen molar-refractivity contribution in [3.05, 3.63) is 97.2 Å². The molecule has 0 aromatic heterocycles. The second-order valence-corrected chi connectivity index (χ2v) is 21.9. The van der Waals surface area contributed by atoms with Crippen LogP contribution in [-0.4, -0.2) is 227 Å². The Hall–Kier alpha value is -2.88. The van der Waals surface area contributed by atoms with Gasteiger partial charge in [-0.05, 0) is 108 Å². The van der Waals surface area contributed by atoms with Crippen molar-refractivity contribution in [1.82, 2.24) is 0 Å². The third-order valence-corrected chi connectivity index (χ3v) is 14.9. The molecule has 0 amide bonds. The summed E-state index contributed by atoms with van der Waals surface area (Å²) in [5, 5.41) is 192. The minimum atomic E-state index is -1.81. The van der Waals surface area contributed by atoms with Gasteiger partial charge in [0.15, 0.2) is 0 Å². The first-order chi connectivity index (χ1) is 37.3. The van der Waals surface area contributed by atoms with Gasteiger partial charge in [0, 0.05) is 19.3 Å². The average Bonchev–Trinajstić information content (AvgIpc) is 3.46. The summed E-state index contributed by atoms with van der Waals surface area (Å²) in [6.07, 6.45) is -4.98. The number of ether oxygens (including phenoxy) is 2. The molecule has 2 aliphatic heterocycles.